The van der Waals surface area contributed by atoms with E-state index in [1.54, 1.807) is 6.26 Å². The highest BCUT2D eigenvalue weighted by Crippen LogP contribution is 2.17. The Kier molecular flexibility index (Phi) is 1.22. The number of rotatable bonds is 0. The summed E-state index contributed by atoms with van der Waals surface area (Å²) in [6, 6.07) is 3.90. The van der Waals surface area contributed by atoms with Crippen LogP contribution in [-0.4, -0.2) is 4.98 Å². The highest BCUT2D eigenvalue weighted by atomic mass is 16.3. The molecule has 0 spiro atoms. The minimum absolute atomic E-state index is 0.869. The van der Waals surface area contributed by atoms with E-state index in [0.29, 0.717) is 0 Å². The van der Waals surface area contributed by atoms with Gasteiger partial charge in [0.25, 0.3) is 0 Å². The molecule has 2 rings (SSSR count). The molecule has 56 valence electrons. The Labute approximate surface area is 64.9 Å². The summed E-state index contributed by atoms with van der Waals surface area (Å²) in [6.07, 6.45) is 1.73. The molecule has 0 fully saturated rings. The number of furan rings is 1. The molecule has 0 saturated heterocycles. The van der Waals surface area contributed by atoms with Gasteiger partial charge in [0.15, 0.2) is 5.58 Å². The first-order chi connectivity index (χ1) is 5.27. The van der Waals surface area contributed by atoms with Gasteiger partial charge in [-0.05, 0) is 26.0 Å². The number of aromatic nitrogens is 1. The molecule has 0 amide bonds. The van der Waals surface area contributed by atoms with Crippen molar-refractivity contribution in [2.75, 3.05) is 0 Å². The van der Waals surface area contributed by atoms with Crippen LogP contribution in [0.1, 0.15) is 11.3 Å². The first kappa shape index (κ1) is 6.40. The van der Waals surface area contributed by atoms with E-state index >= 15 is 0 Å². The summed E-state index contributed by atoms with van der Waals surface area (Å²) in [6.45, 7) is 3.98. The molecule has 0 saturated carbocycles. The van der Waals surface area contributed by atoms with Crippen LogP contribution in [0.15, 0.2) is 22.8 Å². The van der Waals surface area contributed by atoms with Gasteiger partial charge in [-0.2, -0.15) is 0 Å². The van der Waals surface area contributed by atoms with E-state index in [0.717, 1.165) is 22.4 Å². The fraction of sp³-hybridized carbons (Fsp3) is 0.222. The highest BCUT2D eigenvalue weighted by molar-refractivity contribution is 5.76. The lowest BCUT2D eigenvalue weighted by Gasteiger charge is -1.90. The van der Waals surface area contributed by atoms with Crippen molar-refractivity contribution in [3.8, 4) is 0 Å². The standard InChI is InChI=1S/C9H9NO/c1-6-5-11-8-4-3-7(2)10-9(6)8/h3-5H,1-2H3. The van der Waals surface area contributed by atoms with Crippen molar-refractivity contribution in [2.45, 2.75) is 13.8 Å². The van der Waals surface area contributed by atoms with Crippen molar-refractivity contribution < 1.29 is 4.42 Å². The minimum atomic E-state index is 0.869. The second-order valence-electron chi connectivity index (χ2n) is 2.72. The number of hydrogen-bond donors (Lipinski definition) is 0. The third kappa shape index (κ3) is 0.909. The van der Waals surface area contributed by atoms with Crippen LogP contribution in [-0.2, 0) is 0 Å². The molecule has 0 aliphatic rings. The Morgan fingerprint density at radius 1 is 1.27 bits per heavy atom. The van der Waals surface area contributed by atoms with Crippen LogP contribution in [0.3, 0.4) is 0 Å². The van der Waals surface area contributed by atoms with Gasteiger partial charge in [0.2, 0.25) is 0 Å². The van der Waals surface area contributed by atoms with Gasteiger partial charge in [-0.25, -0.2) is 4.98 Å². The monoisotopic (exact) mass is 147 g/mol. The first-order valence-corrected chi connectivity index (χ1v) is 3.59. The maximum Gasteiger partial charge on any atom is 0.152 e. The molecule has 2 aromatic rings. The van der Waals surface area contributed by atoms with Crippen LogP contribution in [0.5, 0.6) is 0 Å². The Hall–Kier alpha value is -1.31. The number of nitrogens with zero attached hydrogens (tertiary/aromatic N) is 1. The Bertz CT molecular complexity index is 389. The maximum absolute atomic E-state index is 5.24. The van der Waals surface area contributed by atoms with E-state index in [4.69, 9.17) is 4.42 Å². The van der Waals surface area contributed by atoms with Gasteiger partial charge in [0.1, 0.15) is 5.52 Å². The van der Waals surface area contributed by atoms with E-state index in [1.807, 2.05) is 26.0 Å². The number of aryl methyl sites for hydroxylation is 2. The first-order valence-electron chi connectivity index (χ1n) is 3.59. The number of fused-ring (bicyclic) bond motifs is 1. The Morgan fingerprint density at radius 2 is 2.09 bits per heavy atom. The van der Waals surface area contributed by atoms with Crippen LogP contribution in [0.4, 0.5) is 0 Å². The van der Waals surface area contributed by atoms with Crippen LogP contribution in [0.2, 0.25) is 0 Å². The van der Waals surface area contributed by atoms with Crippen LogP contribution in [0.25, 0.3) is 11.1 Å². The predicted molar refractivity (Wildman–Crippen MR) is 43.5 cm³/mol. The van der Waals surface area contributed by atoms with Gasteiger partial charge in [-0.3, -0.25) is 0 Å². The average Bonchev–Trinajstić information content (AvgIpc) is 2.33. The van der Waals surface area contributed by atoms with Crippen molar-refractivity contribution in [1.29, 1.82) is 0 Å². The lowest BCUT2D eigenvalue weighted by molar-refractivity contribution is 0.612. The summed E-state index contributed by atoms with van der Waals surface area (Å²) in [5.41, 5.74) is 3.98. The van der Waals surface area contributed by atoms with E-state index in [2.05, 4.69) is 4.98 Å². The summed E-state index contributed by atoms with van der Waals surface area (Å²) in [7, 11) is 0. The van der Waals surface area contributed by atoms with Gasteiger partial charge >= 0.3 is 0 Å². The van der Waals surface area contributed by atoms with Gasteiger partial charge < -0.3 is 4.42 Å². The Balaban J connectivity index is 2.87. The molecule has 0 atom stereocenters. The largest absolute Gasteiger partial charge is 0.462 e. The molecule has 0 aliphatic heterocycles. The zero-order chi connectivity index (χ0) is 7.84. The molecule has 0 aromatic carbocycles. The van der Waals surface area contributed by atoms with Crippen LogP contribution >= 0.6 is 0 Å². The molecule has 0 bridgehead atoms. The second-order valence-corrected chi connectivity index (χ2v) is 2.72. The molecule has 0 radical (unpaired) electrons. The highest BCUT2D eigenvalue weighted by Gasteiger charge is 2.01. The molecular weight excluding hydrogens is 138 g/mol. The smallest absolute Gasteiger partial charge is 0.152 e. The quantitative estimate of drug-likeness (QED) is 0.572. The molecule has 0 N–H and O–H groups in total. The molecule has 2 aromatic heterocycles. The molecule has 2 heteroatoms. The maximum atomic E-state index is 5.24. The van der Waals surface area contributed by atoms with E-state index in [-0.39, 0.29) is 0 Å². The van der Waals surface area contributed by atoms with Gasteiger partial charge in [-0.1, -0.05) is 0 Å². The molecule has 0 unspecified atom stereocenters. The zero-order valence-corrected chi connectivity index (χ0v) is 6.59. The Morgan fingerprint density at radius 3 is 2.91 bits per heavy atom. The zero-order valence-electron chi connectivity index (χ0n) is 6.59. The third-order valence-electron chi connectivity index (χ3n) is 1.73. The van der Waals surface area contributed by atoms with Gasteiger partial charge in [-0.15, -0.1) is 0 Å². The van der Waals surface area contributed by atoms with Gasteiger partial charge in [0, 0.05) is 11.3 Å². The van der Waals surface area contributed by atoms with Crippen molar-refractivity contribution in [1.82, 2.24) is 4.98 Å². The fourth-order valence-corrected chi connectivity index (χ4v) is 1.13. The lowest BCUT2D eigenvalue weighted by atomic mass is 10.3. The van der Waals surface area contributed by atoms with E-state index < -0.39 is 0 Å². The summed E-state index contributed by atoms with van der Waals surface area (Å²) in [5, 5.41) is 0. The van der Waals surface area contributed by atoms with Crippen LogP contribution in [0, 0.1) is 13.8 Å². The summed E-state index contributed by atoms with van der Waals surface area (Å²) >= 11 is 0. The molecule has 11 heavy (non-hydrogen) atoms. The van der Waals surface area contributed by atoms with Crippen molar-refractivity contribution in [3.05, 3.63) is 29.7 Å². The molecular formula is C9H9NO. The minimum Gasteiger partial charge on any atom is -0.462 e. The average molecular weight is 147 g/mol. The lowest BCUT2D eigenvalue weighted by Crippen LogP contribution is -1.79. The summed E-state index contributed by atoms with van der Waals surface area (Å²) in [4.78, 5) is 4.34. The number of pyridine rings is 1. The van der Waals surface area contributed by atoms with E-state index in [1.165, 1.54) is 0 Å². The second kappa shape index (κ2) is 2.09. The van der Waals surface area contributed by atoms with E-state index in [9.17, 15) is 0 Å². The molecule has 2 nitrogen and oxygen atoms in total. The SMILES string of the molecule is Cc1ccc2occ(C)c2n1. The molecule has 2 heterocycles. The predicted octanol–water partition coefficient (Wildman–Crippen LogP) is 2.44. The van der Waals surface area contributed by atoms with Gasteiger partial charge in [0.05, 0.1) is 6.26 Å². The fourth-order valence-electron chi connectivity index (χ4n) is 1.13. The van der Waals surface area contributed by atoms with Crippen LogP contribution < -0.4 is 0 Å². The summed E-state index contributed by atoms with van der Waals surface area (Å²) in [5.74, 6) is 0. The summed E-state index contributed by atoms with van der Waals surface area (Å²) < 4.78 is 5.24. The van der Waals surface area contributed by atoms with Crippen molar-refractivity contribution >= 4 is 11.1 Å². The normalized spacial score (nSPS) is 10.7. The van der Waals surface area contributed by atoms with Crippen molar-refractivity contribution in [3.63, 3.8) is 0 Å². The third-order valence-corrected chi connectivity index (χ3v) is 1.73. The molecule has 0 aliphatic carbocycles. The number of hydrogen-bond acceptors (Lipinski definition) is 2. The topological polar surface area (TPSA) is 26.0 Å². The van der Waals surface area contributed by atoms with Crippen molar-refractivity contribution in [2.24, 2.45) is 0 Å².